The highest BCUT2D eigenvalue weighted by Crippen LogP contribution is 2.22. The lowest BCUT2D eigenvalue weighted by atomic mass is 9.99. The molecule has 1 N–H and O–H groups in total. The third-order valence-corrected chi connectivity index (χ3v) is 3.97. The number of nitrogens with one attached hydrogen (secondary N) is 1. The molecule has 20 heavy (non-hydrogen) atoms. The van der Waals surface area contributed by atoms with Crippen LogP contribution in [0.3, 0.4) is 0 Å². The smallest absolute Gasteiger partial charge is 0.363 e. The lowest BCUT2D eigenvalue weighted by Crippen LogP contribution is -2.43. The number of hydrogen-bond donors (Lipinski definition) is 1. The van der Waals surface area contributed by atoms with E-state index in [1.54, 1.807) is 11.6 Å². The standard InChI is InChI=1S/C13H23N5O2/c1-10-5-4-6-17(8-10)11(2)7-14-12-13(18(19)20)15-9-16(12)3/h9-11,14H,4-8H2,1-3H3. The Balaban J connectivity index is 1.94. The average Bonchev–Trinajstić information content (AvgIpc) is 2.77. The minimum absolute atomic E-state index is 0.105. The summed E-state index contributed by atoms with van der Waals surface area (Å²) >= 11 is 0. The third kappa shape index (κ3) is 3.27. The minimum Gasteiger partial charge on any atom is -0.363 e. The minimum atomic E-state index is -0.448. The molecule has 0 amide bonds. The van der Waals surface area contributed by atoms with Crippen molar-refractivity contribution in [2.24, 2.45) is 13.0 Å². The monoisotopic (exact) mass is 281 g/mol. The van der Waals surface area contributed by atoms with E-state index in [1.165, 1.54) is 19.2 Å². The van der Waals surface area contributed by atoms with Gasteiger partial charge in [-0.3, -0.25) is 9.47 Å². The Hall–Kier alpha value is -1.63. The molecule has 2 unspecified atom stereocenters. The third-order valence-electron chi connectivity index (χ3n) is 3.97. The Morgan fingerprint density at radius 3 is 3.05 bits per heavy atom. The van der Waals surface area contributed by atoms with E-state index < -0.39 is 4.92 Å². The molecule has 7 heteroatoms. The first kappa shape index (κ1) is 14.8. The molecular weight excluding hydrogens is 258 g/mol. The van der Waals surface area contributed by atoms with Crippen molar-refractivity contribution >= 4 is 11.6 Å². The number of nitrogens with zero attached hydrogens (tertiary/aromatic N) is 4. The van der Waals surface area contributed by atoms with Crippen LogP contribution in [0, 0.1) is 16.0 Å². The predicted molar refractivity (Wildman–Crippen MR) is 77.8 cm³/mol. The van der Waals surface area contributed by atoms with Crippen LogP contribution in [0.25, 0.3) is 0 Å². The van der Waals surface area contributed by atoms with Gasteiger partial charge in [-0.1, -0.05) is 6.92 Å². The summed E-state index contributed by atoms with van der Waals surface area (Å²) in [7, 11) is 1.76. The Kier molecular flexibility index (Phi) is 4.59. The maximum atomic E-state index is 10.9. The lowest BCUT2D eigenvalue weighted by molar-refractivity contribution is -0.388. The van der Waals surface area contributed by atoms with Gasteiger partial charge in [0.05, 0.1) is 0 Å². The van der Waals surface area contributed by atoms with Crippen molar-refractivity contribution in [3.05, 3.63) is 16.4 Å². The summed E-state index contributed by atoms with van der Waals surface area (Å²) in [5.41, 5.74) is 0. The number of nitro groups is 1. The number of hydrogen-bond acceptors (Lipinski definition) is 5. The van der Waals surface area contributed by atoms with Gasteiger partial charge in [0, 0.05) is 26.2 Å². The molecule has 1 aliphatic heterocycles. The summed E-state index contributed by atoms with van der Waals surface area (Å²) in [4.78, 5) is 16.7. The number of anilines is 1. The Labute approximate surface area is 119 Å². The zero-order valence-corrected chi connectivity index (χ0v) is 12.4. The summed E-state index contributed by atoms with van der Waals surface area (Å²) in [6, 6.07) is 0.354. The zero-order valence-electron chi connectivity index (χ0n) is 12.4. The number of aromatic nitrogens is 2. The van der Waals surface area contributed by atoms with Crippen LogP contribution in [0.15, 0.2) is 6.33 Å². The van der Waals surface area contributed by atoms with E-state index in [-0.39, 0.29) is 5.82 Å². The molecule has 2 heterocycles. The first-order valence-electron chi connectivity index (χ1n) is 7.12. The molecule has 2 atom stereocenters. The van der Waals surface area contributed by atoms with E-state index >= 15 is 0 Å². The molecule has 0 aromatic carbocycles. The molecule has 1 aromatic heterocycles. The normalized spacial score (nSPS) is 21.6. The second-order valence-corrected chi connectivity index (χ2v) is 5.76. The highest BCUT2D eigenvalue weighted by Gasteiger charge is 2.23. The second kappa shape index (κ2) is 6.21. The highest BCUT2D eigenvalue weighted by molar-refractivity contribution is 5.52. The SMILES string of the molecule is CC1CCCN(C(C)CNc2c([N+](=O)[O-])ncn2C)C1. The Bertz CT molecular complexity index is 473. The molecule has 1 aliphatic rings. The van der Waals surface area contributed by atoms with Gasteiger partial charge in [0.15, 0.2) is 0 Å². The van der Waals surface area contributed by atoms with Gasteiger partial charge in [-0.05, 0) is 42.1 Å². The first-order chi connectivity index (χ1) is 9.49. The number of rotatable bonds is 5. The van der Waals surface area contributed by atoms with Crippen molar-refractivity contribution in [2.75, 3.05) is 25.0 Å². The summed E-state index contributed by atoms with van der Waals surface area (Å²) in [6.45, 7) is 7.34. The average molecular weight is 281 g/mol. The van der Waals surface area contributed by atoms with Crippen molar-refractivity contribution in [3.8, 4) is 0 Å². The highest BCUT2D eigenvalue weighted by atomic mass is 16.6. The molecule has 0 saturated carbocycles. The second-order valence-electron chi connectivity index (χ2n) is 5.76. The van der Waals surface area contributed by atoms with Crippen LogP contribution in [0.5, 0.6) is 0 Å². The summed E-state index contributed by atoms with van der Waals surface area (Å²) < 4.78 is 1.66. The summed E-state index contributed by atoms with van der Waals surface area (Å²) in [6.07, 6.45) is 4.00. The van der Waals surface area contributed by atoms with Crippen molar-refractivity contribution in [1.29, 1.82) is 0 Å². The predicted octanol–water partition coefficient (Wildman–Crippen LogP) is 1.86. The van der Waals surface area contributed by atoms with E-state index in [2.05, 4.69) is 29.0 Å². The Morgan fingerprint density at radius 1 is 1.65 bits per heavy atom. The van der Waals surface area contributed by atoms with E-state index in [0.717, 1.165) is 19.0 Å². The molecule has 1 saturated heterocycles. The van der Waals surface area contributed by atoms with E-state index in [1.807, 2.05) is 0 Å². The maximum absolute atomic E-state index is 10.9. The van der Waals surface area contributed by atoms with Crippen molar-refractivity contribution in [1.82, 2.24) is 14.5 Å². The molecule has 0 aliphatic carbocycles. The van der Waals surface area contributed by atoms with E-state index in [4.69, 9.17) is 0 Å². The van der Waals surface area contributed by atoms with Crippen LogP contribution in [0.4, 0.5) is 11.6 Å². The number of aryl methyl sites for hydroxylation is 1. The van der Waals surface area contributed by atoms with Crippen LogP contribution in [0.2, 0.25) is 0 Å². The Morgan fingerprint density at radius 2 is 2.40 bits per heavy atom. The van der Waals surface area contributed by atoms with Gasteiger partial charge in [0.1, 0.15) is 0 Å². The fourth-order valence-corrected chi connectivity index (χ4v) is 2.75. The molecule has 2 rings (SSSR count). The molecular formula is C13H23N5O2. The number of imidazole rings is 1. The molecule has 0 radical (unpaired) electrons. The van der Waals surface area contributed by atoms with Crippen molar-refractivity contribution in [3.63, 3.8) is 0 Å². The quantitative estimate of drug-likeness (QED) is 0.658. The van der Waals surface area contributed by atoms with Crippen LogP contribution >= 0.6 is 0 Å². The van der Waals surface area contributed by atoms with E-state index in [0.29, 0.717) is 18.4 Å². The fourth-order valence-electron chi connectivity index (χ4n) is 2.75. The van der Waals surface area contributed by atoms with Crippen LogP contribution in [0.1, 0.15) is 26.7 Å². The molecule has 1 fully saturated rings. The van der Waals surface area contributed by atoms with Gasteiger partial charge >= 0.3 is 5.82 Å². The summed E-state index contributed by atoms with van der Waals surface area (Å²) in [5.74, 6) is 1.11. The van der Waals surface area contributed by atoms with E-state index in [9.17, 15) is 10.1 Å². The van der Waals surface area contributed by atoms with Gasteiger partial charge in [-0.2, -0.15) is 0 Å². The number of piperidine rings is 1. The van der Waals surface area contributed by atoms with Gasteiger partial charge in [0.2, 0.25) is 12.1 Å². The molecule has 112 valence electrons. The topological polar surface area (TPSA) is 76.2 Å². The fraction of sp³-hybridized carbons (Fsp3) is 0.769. The zero-order chi connectivity index (χ0) is 14.7. The molecule has 1 aromatic rings. The van der Waals surface area contributed by atoms with Crippen LogP contribution < -0.4 is 5.32 Å². The maximum Gasteiger partial charge on any atom is 0.406 e. The summed E-state index contributed by atoms with van der Waals surface area (Å²) in [5, 5.41) is 14.1. The van der Waals surface area contributed by atoms with Gasteiger partial charge in [-0.15, -0.1) is 0 Å². The molecule has 0 spiro atoms. The largest absolute Gasteiger partial charge is 0.406 e. The van der Waals surface area contributed by atoms with Crippen LogP contribution in [-0.2, 0) is 7.05 Å². The van der Waals surface area contributed by atoms with Gasteiger partial charge in [-0.25, -0.2) is 0 Å². The van der Waals surface area contributed by atoms with Crippen molar-refractivity contribution in [2.45, 2.75) is 32.7 Å². The lowest BCUT2D eigenvalue weighted by Gasteiger charge is -2.35. The van der Waals surface area contributed by atoms with Gasteiger partial charge < -0.3 is 15.4 Å². The van der Waals surface area contributed by atoms with Crippen LogP contribution in [-0.4, -0.2) is 45.1 Å². The molecule has 7 nitrogen and oxygen atoms in total. The number of likely N-dealkylation sites (tertiary alicyclic amines) is 1. The molecule has 0 bridgehead atoms. The van der Waals surface area contributed by atoms with Crippen molar-refractivity contribution < 1.29 is 4.92 Å². The van der Waals surface area contributed by atoms with Gasteiger partial charge in [0.25, 0.3) is 0 Å². The first-order valence-corrected chi connectivity index (χ1v) is 7.12.